The summed E-state index contributed by atoms with van der Waals surface area (Å²) in [5, 5.41) is 2.59. The van der Waals surface area contributed by atoms with E-state index in [4.69, 9.17) is 5.73 Å². The third kappa shape index (κ3) is 4.24. The standard InChI is InChI=1S/C13H17F3N2O/c1-3-11(17)12(19)18-8(2)9-5-4-6-10(7-9)13(14,15)16/h4-8,11H,3,17H2,1-2H3,(H,18,19)/t8?,11-/m0/s1. The maximum atomic E-state index is 12.6. The molecular formula is C13H17F3N2O. The molecule has 0 radical (unpaired) electrons. The Morgan fingerprint density at radius 2 is 2.05 bits per heavy atom. The van der Waals surface area contributed by atoms with Crippen molar-refractivity contribution >= 4 is 5.91 Å². The second-order valence-corrected chi connectivity index (χ2v) is 4.37. The van der Waals surface area contributed by atoms with Crippen LogP contribution in [0.5, 0.6) is 0 Å². The van der Waals surface area contributed by atoms with Gasteiger partial charge in [-0.2, -0.15) is 13.2 Å². The molecule has 6 heteroatoms. The first-order valence-electron chi connectivity index (χ1n) is 5.98. The van der Waals surface area contributed by atoms with Gasteiger partial charge < -0.3 is 11.1 Å². The van der Waals surface area contributed by atoms with E-state index in [1.165, 1.54) is 12.1 Å². The molecule has 0 aromatic heterocycles. The molecule has 1 aromatic rings. The minimum atomic E-state index is -4.39. The van der Waals surface area contributed by atoms with Crippen molar-refractivity contribution in [3.05, 3.63) is 35.4 Å². The third-order valence-corrected chi connectivity index (χ3v) is 2.85. The lowest BCUT2D eigenvalue weighted by Crippen LogP contribution is -2.41. The lowest BCUT2D eigenvalue weighted by Gasteiger charge is -2.18. The minimum absolute atomic E-state index is 0.368. The smallest absolute Gasteiger partial charge is 0.348 e. The van der Waals surface area contributed by atoms with E-state index in [2.05, 4.69) is 5.32 Å². The molecule has 2 atom stereocenters. The highest BCUT2D eigenvalue weighted by Crippen LogP contribution is 2.30. The summed E-state index contributed by atoms with van der Waals surface area (Å²) in [6, 6.07) is 3.72. The Morgan fingerprint density at radius 1 is 1.42 bits per heavy atom. The lowest BCUT2D eigenvalue weighted by molar-refractivity contribution is -0.137. The van der Waals surface area contributed by atoms with E-state index in [1.54, 1.807) is 13.8 Å². The largest absolute Gasteiger partial charge is 0.416 e. The Kier molecular flexibility index (Phi) is 4.94. The Labute approximate surface area is 110 Å². The van der Waals surface area contributed by atoms with Gasteiger partial charge in [0.15, 0.2) is 0 Å². The summed E-state index contributed by atoms with van der Waals surface area (Å²) in [4.78, 5) is 11.6. The molecule has 0 heterocycles. The molecule has 0 fully saturated rings. The molecule has 1 amide bonds. The van der Waals surface area contributed by atoms with E-state index < -0.39 is 23.8 Å². The first kappa shape index (κ1) is 15.5. The number of alkyl halides is 3. The highest BCUT2D eigenvalue weighted by atomic mass is 19.4. The average Bonchev–Trinajstić information content (AvgIpc) is 2.36. The zero-order chi connectivity index (χ0) is 14.6. The van der Waals surface area contributed by atoms with Crippen molar-refractivity contribution in [1.82, 2.24) is 5.32 Å². The minimum Gasteiger partial charge on any atom is -0.348 e. The molecule has 0 saturated carbocycles. The number of amides is 1. The van der Waals surface area contributed by atoms with E-state index in [0.717, 1.165) is 12.1 Å². The summed E-state index contributed by atoms with van der Waals surface area (Å²) in [6.07, 6.45) is -3.92. The van der Waals surface area contributed by atoms with E-state index in [-0.39, 0.29) is 5.91 Å². The molecule has 19 heavy (non-hydrogen) atoms. The number of benzene rings is 1. The number of carbonyl (C=O) groups is 1. The normalized spacial score (nSPS) is 14.8. The van der Waals surface area contributed by atoms with Crippen molar-refractivity contribution in [2.45, 2.75) is 38.5 Å². The Balaban J connectivity index is 2.83. The molecule has 0 saturated heterocycles. The predicted octanol–water partition coefficient (Wildman–Crippen LogP) is 2.62. The van der Waals surface area contributed by atoms with Gasteiger partial charge in [0.05, 0.1) is 17.6 Å². The zero-order valence-electron chi connectivity index (χ0n) is 10.8. The van der Waals surface area contributed by atoms with Gasteiger partial charge in [0, 0.05) is 0 Å². The topological polar surface area (TPSA) is 55.1 Å². The highest BCUT2D eigenvalue weighted by Gasteiger charge is 2.30. The Morgan fingerprint density at radius 3 is 2.58 bits per heavy atom. The summed E-state index contributed by atoms with van der Waals surface area (Å²) < 4.78 is 37.7. The number of rotatable bonds is 4. The van der Waals surface area contributed by atoms with Crippen molar-refractivity contribution in [1.29, 1.82) is 0 Å². The monoisotopic (exact) mass is 274 g/mol. The second-order valence-electron chi connectivity index (χ2n) is 4.37. The third-order valence-electron chi connectivity index (χ3n) is 2.85. The number of carbonyl (C=O) groups excluding carboxylic acids is 1. The van der Waals surface area contributed by atoms with E-state index >= 15 is 0 Å². The van der Waals surface area contributed by atoms with Crippen LogP contribution in [-0.4, -0.2) is 11.9 Å². The summed E-state index contributed by atoms with van der Waals surface area (Å²) in [5.41, 5.74) is 5.21. The number of hydrogen-bond donors (Lipinski definition) is 2. The van der Waals surface area contributed by atoms with E-state index in [9.17, 15) is 18.0 Å². The molecule has 0 spiro atoms. The van der Waals surface area contributed by atoms with Crippen LogP contribution in [0.3, 0.4) is 0 Å². The van der Waals surface area contributed by atoms with Crippen LogP contribution < -0.4 is 11.1 Å². The van der Waals surface area contributed by atoms with Gasteiger partial charge in [-0.25, -0.2) is 0 Å². The molecule has 3 N–H and O–H groups in total. The average molecular weight is 274 g/mol. The van der Waals surface area contributed by atoms with Crippen molar-refractivity contribution in [2.75, 3.05) is 0 Å². The first-order valence-corrected chi connectivity index (χ1v) is 5.98. The molecule has 1 rings (SSSR count). The first-order chi connectivity index (χ1) is 8.75. The SMILES string of the molecule is CC[C@H](N)C(=O)NC(C)c1cccc(C(F)(F)F)c1. The molecule has 0 aliphatic rings. The van der Waals surface area contributed by atoms with Crippen molar-refractivity contribution in [3.63, 3.8) is 0 Å². The van der Waals surface area contributed by atoms with Gasteiger partial charge in [-0.05, 0) is 31.0 Å². The molecule has 0 aliphatic carbocycles. The van der Waals surface area contributed by atoms with Gasteiger partial charge in [-0.3, -0.25) is 4.79 Å². The molecule has 1 unspecified atom stereocenters. The van der Waals surface area contributed by atoms with Crippen molar-refractivity contribution in [3.8, 4) is 0 Å². The van der Waals surface area contributed by atoms with Crippen molar-refractivity contribution in [2.24, 2.45) is 5.73 Å². The lowest BCUT2D eigenvalue weighted by atomic mass is 10.0. The van der Waals surface area contributed by atoms with Gasteiger partial charge in [0.2, 0.25) is 5.91 Å². The Hall–Kier alpha value is -1.56. The quantitative estimate of drug-likeness (QED) is 0.886. The van der Waals surface area contributed by atoms with Gasteiger partial charge >= 0.3 is 6.18 Å². The number of halogens is 3. The summed E-state index contributed by atoms with van der Waals surface area (Å²) in [7, 11) is 0. The van der Waals surface area contributed by atoms with E-state index in [0.29, 0.717) is 12.0 Å². The van der Waals surface area contributed by atoms with Gasteiger partial charge in [0.25, 0.3) is 0 Å². The van der Waals surface area contributed by atoms with Crippen LogP contribution in [-0.2, 0) is 11.0 Å². The van der Waals surface area contributed by atoms with Gasteiger partial charge in [0.1, 0.15) is 0 Å². The number of hydrogen-bond acceptors (Lipinski definition) is 2. The molecule has 1 aromatic carbocycles. The van der Waals surface area contributed by atoms with Gasteiger partial charge in [-0.15, -0.1) is 0 Å². The molecule has 3 nitrogen and oxygen atoms in total. The molecule has 0 aliphatic heterocycles. The molecular weight excluding hydrogens is 257 g/mol. The summed E-state index contributed by atoms with van der Waals surface area (Å²) in [5.74, 6) is -0.368. The van der Waals surface area contributed by atoms with Gasteiger partial charge in [-0.1, -0.05) is 19.1 Å². The number of nitrogens with two attached hydrogens (primary N) is 1. The summed E-state index contributed by atoms with van der Waals surface area (Å²) in [6.45, 7) is 3.38. The molecule has 106 valence electrons. The summed E-state index contributed by atoms with van der Waals surface area (Å²) >= 11 is 0. The van der Waals surface area contributed by atoms with E-state index in [1.807, 2.05) is 0 Å². The second kappa shape index (κ2) is 6.06. The molecule has 0 bridgehead atoms. The van der Waals surface area contributed by atoms with Crippen LogP contribution >= 0.6 is 0 Å². The predicted molar refractivity (Wildman–Crippen MR) is 66.3 cm³/mol. The highest BCUT2D eigenvalue weighted by molar-refractivity contribution is 5.81. The van der Waals surface area contributed by atoms with Crippen LogP contribution in [0.2, 0.25) is 0 Å². The maximum absolute atomic E-state index is 12.6. The number of nitrogens with one attached hydrogen (secondary N) is 1. The van der Waals surface area contributed by atoms with Crippen LogP contribution in [0.4, 0.5) is 13.2 Å². The maximum Gasteiger partial charge on any atom is 0.416 e. The van der Waals surface area contributed by atoms with Crippen molar-refractivity contribution < 1.29 is 18.0 Å². The fourth-order valence-electron chi connectivity index (χ4n) is 1.57. The Bertz CT molecular complexity index is 446. The fraction of sp³-hybridized carbons (Fsp3) is 0.462. The van der Waals surface area contributed by atoms with Crippen LogP contribution in [0, 0.1) is 0 Å². The van der Waals surface area contributed by atoms with Crippen LogP contribution in [0.15, 0.2) is 24.3 Å². The van der Waals surface area contributed by atoms with Crippen LogP contribution in [0.1, 0.15) is 37.4 Å². The van der Waals surface area contributed by atoms with Crippen LogP contribution in [0.25, 0.3) is 0 Å². The zero-order valence-corrected chi connectivity index (χ0v) is 10.8. The fourth-order valence-corrected chi connectivity index (χ4v) is 1.57.